The monoisotopic (exact) mass is 541 g/mol. The number of nitrogens with zero attached hydrogens (tertiary/aromatic N) is 5. The van der Waals surface area contributed by atoms with Crippen LogP contribution >= 0.6 is 0 Å². The number of oxime groups is 1. The Morgan fingerprint density at radius 1 is 1.18 bits per heavy atom. The summed E-state index contributed by atoms with van der Waals surface area (Å²) in [4.78, 5) is 26.3. The molecule has 2 aromatic heterocycles. The molecule has 0 spiro atoms. The van der Waals surface area contributed by atoms with Crippen molar-refractivity contribution in [2.24, 2.45) is 18.1 Å². The van der Waals surface area contributed by atoms with Crippen molar-refractivity contribution in [1.82, 2.24) is 9.55 Å². The Labute approximate surface area is 236 Å². The van der Waals surface area contributed by atoms with Crippen LogP contribution in [-0.2, 0) is 16.6 Å². The molecule has 0 unspecified atom stereocenters. The molecule has 3 aromatic rings. The number of aryl methyl sites for hydroxylation is 1. The van der Waals surface area contributed by atoms with Crippen molar-refractivity contribution < 1.29 is 9.57 Å². The van der Waals surface area contributed by atoms with Gasteiger partial charge >= 0.3 is 0 Å². The maximum Gasteiger partial charge on any atom is 0.264 e. The summed E-state index contributed by atoms with van der Waals surface area (Å²) < 4.78 is 7.29. The van der Waals surface area contributed by atoms with Crippen LogP contribution in [0.3, 0.4) is 0 Å². The van der Waals surface area contributed by atoms with Crippen LogP contribution in [0.4, 0.5) is 5.69 Å². The Morgan fingerprint density at radius 3 is 2.45 bits per heavy atom. The number of ether oxygens (including phenoxy) is 1. The van der Waals surface area contributed by atoms with Crippen LogP contribution in [0.5, 0.6) is 0 Å². The first-order valence-corrected chi connectivity index (χ1v) is 13.9. The normalized spacial score (nSPS) is 17.8. The Balaban J connectivity index is 1.70. The second-order valence-electron chi connectivity index (χ2n) is 11.3. The van der Waals surface area contributed by atoms with E-state index < -0.39 is 0 Å². The van der Waals surface area contributed by atoms with E-state index in [1.807, 2.05) is 52.9 Å². The number of aromatic nitrogens is 2. The molecule has 0 N–H and O–H groups in total. The summed E-state index contributed by atoms with van der Waals surface area (Å²) in [5.74, 6) is 0.554. The second-order valence-corrected chi connectivity index (χ2v) is 11.3. The fraction of sp³-hybridized carbons (Fsp3) is 0.438. The Kier molecular flexibility index (Phi) is 8.63. The molecule has 8 heteroatoms. The first kappa shape index (κ1) is 28.9. The lowest BCUT2D eigenvalue weighted by Crippen LogP contribution is -2.39. The lowest BCUT2D eigenvalue weighted by molar-refractivity contribution is -0.0000292. The quantitative estimate of drug-likeness (QED) is 0.197. The predicted octanol–water partition coefficient (Wildman–Crippen LogP) is 6.03. The molecule has 1 saturated carbocycles. The van der Waals surface area contributed by atoms with Crippen molar-refractivity contribution in [3.8, 4) is 6.07 Å². The maximum absolute atomic E-state index is 13.6. The third-order valence-corrected chi connectivity index (χ3v) is 7.40. The fourth-order valence-corrected chi connectivity index (χ4v) is 5.37. The van der Waals surface area contributed by atoms with Crippen LogP contribution in [0.1, 0.15) is 70.2 Å². The summed E-state index contributed by atoms with van der Waals surface area (Å²) >= 11 is 0. The number of rotatable bonds is 8. The summed E-state index contributed by atoms with van der Waals surface area (Å²) in [7, 11) is 3.71. The molecule has 40 heavy (non-hydrogen) atoms. The highest BCUT2D eigenvalue weighted by atomic mass is 16.6. The average molecular weight is 542 g/mol. The van der Waals surface area contributed by atoms with Crippen molar-refractivity contribution in [2.45, 2.75) is 65.0 Å². The van der Waals surface area contributed by atoms with E-state index in [0.717, 1.165) is 37.0 Å². The molecular formula is C32H39N5O3. The zero-order valence-electron chi connectivity index (χ0n) is 24.4. The molecule has 0 amide bonds. The minimum atomic E-state index is -0.382. The summed E-state index contributed by atoms with van der Waals surface area (Å²) in [5.41, 5.74) is 4.04. The zero-order valence-corrected chi connectivity index (χ0v) is 24.4. The smallest absolute Gasteiger partial charge is 0.264 e. The van der Waals surface area contributed by atoms with Gasteiger partial charge in [0.1, 0.15) is 34.2 Å². The van der Waals surface area contributed by atoms with E-state index in [1.165, 1.54) is 0 Å². The number of anilines is 1. The van der Waals surface area contributed by atoms with Crippen molar-refractivity contribution in [1.29, 1.82) is 5.26 Å². The highest BCUT2D eigenvalue weighted by Crippen LogP contribution is 2.37. The molecule has 1 aliphatic carbocycles. The third kappa shape index (κ3) is 6.04. The van der Waals surface area contributed by atoms with Gasteiger partial charge in [0.2, 0.25) is 0 Å². The minimum Gasteiger partial charge on any atom is -0.494 e. The van der Waals surface area contributed by atoms with Gasteiger partial charge in [0.15, 0.2) is 0 Å². The fourth-order valence-electron chi connectivity index (χ4n) is 5.37. The number of benzene rings is 1. The second kappa shape index (κ2) is 12.0. The highest BCUT2D eigenvalue weighted by molar-refractivity contribution is 6.02. The first-order valence-electron chi connectivity index (χ1n) is 13.9. The van der Waals surface area contributed by atoms with E-state index in [-0.39, 0.29) is 23.1 Å². The van der Waals surface area contributed by atoms with E-state index in [0.29, 0.717) is 40.3 Å². The van der Waals surface area contributed by atoms with Crippen LogP contribution in [0.25, 0.3) is 16.8 Å². The van der Waals surface area contributed by atoms with Crippen LogP contribution < -0.4 is 10.5 Å². The van der Waals surface area contributed by atoms with E-state index in [9.17, 15) is 10.1 Å². The zero-order chi connectivity index (χ0) is 29.0. The van der Waals surface area contributed by atoms with Gasteiger partial charge in [-0.15, -0.1) is 0 Å². The molecule has 1 aromatic carbocycles. The number of fused-ring (bicyclic) bond motifs is 1. The van der Waals surface area contributed by atoms with Crippen LogP contribution in [-0.4, -0.2) is 40.6 Å². The lowest BCUT2D eigenvalue weighted by atomic mass is 9.80. The summed E-state index contributed by atoms with van der Waals surface area (Å²) in [5, 5.41) is 14.2. The average Bonchev–Trinajstić information content (AvgIpc) is 2.94. The molecule has 0 aliphatic heterocycles. The van der Waals surface area contributed by atoms with Gasteiger partial charge in [0, 0.05) is 26.1 Å². The maximum atomic E-state index is 13.6. The molecule has 4 rings (SSSR count). The number of hydrogen-bond donors (Lipinski definition) is 0. The van der Waals surface area contributed by atoms with Crippen molar-refractivity contribution >= 4 is 28.2 Å². The molecule has 210 valence electrons. The van der Waals surface area contributed by atoms with E-state index in [1.54, 1.807) is 23.7 Å². The van der Waals surface area contributed by atoms with Crippen molar-refractivity contribution in [3.63, 3.8) is 0 Å². The summed E-state index contributed by atoms with van der Waals surface area (Å²) in [6.45, 7) is 12.3. The number of hydrogen-bond acceptors (Lipinski definition) is 7. The van der Waals surface area contributed by atoms with Gasteiger partial charge in [-0.25, -0.2) is 4.98 Å². The Morgan fingerprint density at radius 2 is 1.85 bits per heavy atom. The first-order chi connectivity index (χ1) is 19.1. The van der Waals surface area contributed by atoms with E-state index >= 15 is 0 Å². The minimum absolute atomic E-state index is 0.146. The standard InChI is InChI=1S/C32H39N5O3/c1-8-39-21(2)27-30(29-26(37(7)31(27)38)19-16-24(20-33)34-29)36(6)25-17-14-23(15-18-25)28(35-40-32(3,4)5)22-12-10-9-11-13-22/h9-13,16,19,23,25H,2,8,14-15,17-18H2,1,3-7H3/b35-28+. The predicted molar refractivity (Wildman–Crippen MR) is 160 cm³/mol. The van der Waals surface area contributed by atoms with Gasteiger partial charge in [-0.3, -0.25) is 4.79 Å². The number of nitriles is 1. The van der Waals surface area contributed by atoms with E-state index in [4.69, 9.17) is 9.57 Å². The number of pyridine rings is 2. The van der Waals surface area contributed by atoms with Crippen LogP contribution in [0.2, 0.25) is 0 Å². The Bertz CT molecular complexity index is 1500. The van der Waals surface area contributed by atoms with Crippen LogP contribution in [0.15, 0.2) is 59.0 Å². The molecule has 2 heterocycles. The molecule has 0 bridgehead atoms. The van der Waals surface area contributed by atoms with Crippen molar-refractivity contribution in [3.05, 3.63) is 76.2 Å². The molecule has 0 saturated heterocycles. The third-order valence-electron chi connectivity index (χ3n) is 7.40. The van der Waals surface area contributed by atoms with Gasteiger partial charge in [-0.05, 0) is 71.1 Å². The van der Waals surface area contributed by atoms with Gasteiger partial charge < -0.3 is 19.0 Å². The van der Waals surface area contributed by atoms with Crippen LogP contribution in [0, 0.1) is 17.2 Å². The molecule has 0 radical (unpaired) electrons. The topological polar surface area (TPSA) is 92.7 Å². The molecule has 0 atom stereocenters. The van der Waals surface area contributed by atoms with Crippen molar-refractivity contribution in [2.75, 3.05) is 18.6 Å². The van der Waals surface area contributed by atoms with Gasteiger partial charge in [-0.2, -0.15) is 5.26 Å². The largest absolute Gasteiger partial charge is 0.494 e. The summed E-state index contributed by atoms with van der Waals surface area (Å²) in [6.07, 6.45) is 3.60. The SMILES string of the molecule is C=C(OCC)c1c(N(C)C2CCC(/C(=N/OC(C)(C)C)c3ccccc3)CC2)c2nc(C#N)ccc2n(C)c1=O. The van der Waals surface area contributed by atoms with Gasteiger partial charge in [0.25, 0.3) is 5.56 Å². The van der Waals surface area contributed by atoms with E-state index in [2.05, 4.69) is 39.8 Å². The molecule has 1 fully saturated rings. The van der Waals surface area contributed by atoms with Gasteiger partial charge in [0.05, 0.1) is 23.5 Å². The molecule has 8 nitrogen and oxygen atoms in total. The highest BCUT2D eigenvalue weighted by Gasteiger charge is 2.32. The Hall–Kier alpha value is -4.12. The summed E-state index contributed by atoms with van der Waals surface area (Å²) in [6, 6.07) is 15.9. The lowest BCUT2D eigenvalue weighted by Gasteiger charge is -2.37. The molecular weight excluding hydrogens is 502 g/mol. The molecule has 1 aliphatic rings. The van der Waals surface area contributed by atoms with Gasteiger partial charge in [-0.1, -0.05) is 42.1 Å².